The number of pyridine rings is 1. The lowest BCUT2D eigenvalue weighted by Gasteiger charge is -2.35. The number of alkyl halides is 6. The quantitative estimate of drug-likeness (QED) is 0.216. The number of fused-ring (bicyclic) bond motifs is 1. The molecule has 2 N–H and O–H groups in total. The van der Waals surface area contributed by atoms with Crippen LogP contribution in [0.2, 0.25) is 0 Å². The molecule has 12 heteroatoms. The zero-order chi connectivity index (χ0) is 27.1. The van der Waals surface area contributed by atoms with Gasteiger partial charge in [-0.2, -0.15) is 31.1 Å². The molecule has 1 aromatic heterocycles. The molecule has 0 saturated carbocycles. The molecule has 0 unspecified atom stereocenters. The van der Waals surface area contributed by atoms with Crippen LogP contribution in [0.3, 0.4) is 0 Å². The van der Waals surface area contributed by atoms with E-state index in [0.717, 1.165) is 4.73 Å². The number of aromatic nitrogens is 1. The van der Waals surface area contributed by atoms with Gasteiger partial charge in [0.2, 0.25) is 5.69 Å². The molecule has 206 valence electrons. The van der Waals surface area contributed by atoms with E-state index >= 15 is 0 Å². The first-order valence-electron chi connectivity index (χ1n) is 11.4. The fourth-order valence-electron chi connectivity index (χ4n) is 4.73. The molecule has 4 rings (SSSR count). The van der Waals surface area contributed by atoms with Gasteiger partial charge in [-0.3, -0.25) is 0 Å². The van der Waals surface area contributed by atoms with Crippen molar-refractivity contribution >= 4 is 12.4 Å². The van der Waals surface area contributed by atoms with Gasteiger partial charge in [0.1, 0.15) is 5.82 Å². The van der Waals surface area contributed by atoms with Gasteiger partial charge >= 0.3 is 12.4 Å². The Labute approximate surface area is 220 Å². The van der Waals surface area contributed by atoms with Crippen molar-refractivity contribution in [3.63, 3.8) is 0 Å². The summed E-state index contributed by atoms with van der Waals surface area (Å²) in [5.74, 6) is -1.11. The average Bonchev–Trinajstić information content (AvgIpc) is 2.83. The molecule has 0 amide bonds. The van der Waals surface area contributed by atoms with E-state index in [2.05, 4.69) is 0 Å². The Bertz CT molecular complexity index is 1250. The number of nitrogens with two attached hydrogens (primary N) is 1. The normalized spacial score (nSPS) is 18.4. The maximum atomic E-state index is 13.6. The largest absolute Gasteiger partial charge is 0.618 e. The first-order chi connectivity index (χ1) is 17.3. The van der Waals surface area contributed by atoms with Gasteiger partial charge in [0.25, 0.3) is 0 Å². The molecule has 4 nitrogen and oxygen atoms in total. The second-order valence-electron chi connectivity index (χ2n) is 8.95. The Morgan fingerprint density at radius 1 is 0.974 bits per heavy atom. The Hall–Kier alpha value is -2.89. The van der Waals surface area contributed by atoms with Crippen molar-refractivity contribution < 1.29 is 40.2 Å². The number of hydrogen-bond acceptors (Lipinski definition) is 3. The van der Waals surface area contributed by atoms with Crippen molar-refractivity contribution in [2.75, 3.05) is 0 Å². The van der Waals surface area contributed by atoms with E-state index < -0.39 is 47.4 Å². The molecule has 0 radical (unpaired) electrons. The summed E-state index contributed by atoms with van der Waals surface area (Å²) < 4.78 is 101. The summed E-state index contributed by atoms with van der Waals surface area (Å²) in [6.07, 6.45) is -11.4. The van der Waals surface area contributed by atoms with Crippen LogP contribution in [0.4, 0.5) is 30.7 Å². The molecule has 0 fully saturated rings. The Kier molecular flexibility index (Phi) is 8.64. The van der Waals surface area contributed by atoms with Crippen LogP contribution in [0.15, 0.2) is 54.6 Å². The van der Waals surface area contributed by atoms with Gasteiger partial charge in [-0.05, 0) is 60.9 Å². The number of benzene rings is 2. The monoisotopic (exact) mass is 564 g/mol. The predicted molar refractivity (Wildman–Crippen MR) is 127 cm³/mol. The van der Waals surface area contributed by atoms with Crippen LogP contribution in [0.1, 0.15) is 64.6 Å². The molecule has 0 bridgehead atoms. The minimum absolute atomic E-state index is 0. The minimum Gasteiger partial charge on any atom is -0.618 e. The van der Waals surface area contributed by atoms with Gasteiger partial charge in [0.05, 0.1) is 29.9 Å². The van der Waals surface area contributed by atoms with Crippen LogP contribution in [0, 0.1) is 11.0 Å². The van der Waals surface area contributed by atoms with E-state index in [-0.39, 0.29) is 43.4 Å². The van der Waals surface area contributed by atoms with Crippen molar-refractivity contribution in [3.05, 3.63) is 105 Å². The summed E-state index contributed by atoms with van der Waals surface area (Å²) in [5, 5.41) is 12.8. The van der Waals surface area contributed by atoms with Crippen LogP contribution in [-0.4, -0.2) is 6.10 Å². The average molecular weight is 565 g/mol. The summed E-state index contributed by atoms with van der Waals surface area (Å²) in [5.41, 5.74) is 4.42. The van der Waals surface area contributed by atoms with Crippen molar-refractivity contribution in [2.24, 2.45) is 5.73 Å². The topological polar surface area (TPSA) is 62.2 Å². The molecule has 1 aliphatic rings. The summed E-state index contributed by atoms with van der Waals surface area (Å²) in [7, 11) is 0. The zero-order valence-corrected chi connectivity index (χ0v) is 20.8. The third-order valence-corrected chi connectivity index (χ3v) is 6.56. The standard InChI is InChI=1S/C26H23F7N2O2.ClH/c1-14(16-10-17(25(28,29)30)12-18(11-16)26(31,32)33)37-23-9-8-22-21(7-6-20(13-34)35(22)36)24(23)15-2-4-19(27)5-3-15;/h2-7,10-12,14,23-24H,8-9,13,34H2,1H3;1H/t14-,23+,24+;/m1./s1. The highest BCUT2D eigenvalue weighted by atomic mass is 35.5. The lowest BCUT2D eigenvalue weighted by Crippen LogP contribution is -2.43. The number of nitrogens with zero attached hydrogens (tertiary/aromatic N) is 1. The molecule has 2 aromatic carbocycles. The molecular formula is C26H24ClF7N2O2. The minimum atomic E-state index is -4.99. The lowest BCUT2D eigenvalue weighted by molar-refractivity contribution is -0.623. The molecule has 3 aromatic rings. The highest BCUT2D eigenvalue weighted by molar-refractivity contribution is 5.85. The third-order valence-electron chi connectivity index (χ3n) is 6.56. The fourth-order valence-corrected chi connectivity index (χ4v) is 4.73. The highest BCUT2D eigenvalue weighted by Crippen LogP contribution is 2.42. The molecular weight excluding hydrogens is 541 g/mol. The van der Waals surface area contributed by atoms with Crippen molar-refractivity contribution in [1.82, 2.24) is 0 Å². The number of halogens is 8. The number of rotatable bonds is 5. The van der Waals surface area contributed by atoms with Gasteiger partial charge in [0, 0.05) is 24.0 Å². The van der Waals surface area contributed by atoms with Crippen LogP contribution in [0.25, 0.3) is 0 Å². The maximum absolute atomic E-state index is 13.6. The smallest absolute Gasteiger partial charge is 0.416 e. The van der Waals surface area contributed by atoms with Gasteiger partial charge in [-0.1, -0.05) is 12.1 Å². The molecule has 38 heavy (non-hydrogen) atoms. The van der Waals surface area contributed by atoms with Gasteiger partial charge in [-0.15, -0.1) is 12.4 Å². The summed E-state index contributed by atoms with van der Waals surface area (Å²) in [6.45, 7) is 1.38. The molecule has 0 spiro atoms. The fraction of sp³-hybridized carbons (Fsp3) is 0.346. The Balaban J connectivity index is 0.00000400. The molecule has 3 atom stereocenters. The third kappa shape index (κ3) is 6.05. The van der Waals surface area contributed by atoms with Gasteiger partial charge in [-0.25, -0.2) is 4.39 Å². The van der Waals surface area contributed by atoms with Crippen molar-refractivity contribution in [3.8, 4) is 0 Å². The summed E-state index contributed by atoms with van der Waals surface area (Å²) in [6, 6.07) is 10.1. The van der Waals surface area contributed by atoms with E-state index in [9.17, 15) is 35.9 Å². The predicted octanol–water partition coefficient (Wildman–Crippen LogP) is 6.60. The van der Waals surface area contributed by atoms with E-state index in [1.807, 2.05) is 0 Å². The van der Waals surface area contributed by atoms with Crippen LogP contribution < -0.4 is 10.5 Å². The first-order valence-corrected chi connectivity index (χ1v) is 11.4. The molecule has 1 aliphatic carbocycles. The van der Waals surface area contributed by atoms with Crippen LogP contribution in [0.5, 0.6) is 0 Å². The maximum Gasteiger partial charge on any atom is 0.416 e. The number of ether oxygens (including phenoxy) is 1. The molecule has 0 saturated heterocycles. The summed E-state index contributed by atoms with van der Waals surface area (Å²) >= 11 is 0. The zero-order valence-electron chi connectivity index (χ0n) is 19.9. The van der Waals surface area contributed by atoms with Crippen molar-refractivity contribution in [1.29, 1.82) is 0 Å². The van der Waals surface area contributed by atoms with E-state index in [0.29, 0.717) is 34.6 Å². The highest BCUT2D eigenvalue weighted by Gasteiger charge is 2.40. The second-order valence-corrected chi connectivity index (χ2v) is 8.95. The lowest BCUT2D eigenvalue weighted by atomic mass is 9.78. The van der Waals surface area contributed by atoms with Crippen molar-refractivity contribution in [2.45, 2.75) is 56.8 Å². The van der Waals surface area contributed by atoms with Crippen LogP contribution >= 0.6 is 12.4 Å². The Morgan fingerprint density at radius 3 is 2.08 bits per heavy atom. The Morgan fingerprint density at radius 2 is 1.55 bits per heavy atom. The SMILES string of the molecule is C[C@@H](O[C@H]1CCc2c(ccc(CN)[n+]2[O-])[C@@H]1c1ccc(F)cc1)c1cc(C(F)(F)F)cc(C(F)(F)F)c1.Cl. The molecule has 1 heterocycles. The van der Waals surface area contributed by atoms with E-state index in [1.165, 1.54) is 31.2 Å². The van der Waals surface area contributed by atoms with Gasteiger partial charge in [0.15, 0.2) is 5.69 Å². The molecule has 0 aliphatic heterocycles. The van der Waals surface area contributed by atoms with Gasteiger partial charge < -0.3 is 15.7 Å². The summed E-state index contributed by atoms with van der Waals surface area (Å²) in [4.78, 5) is 0. The van der Waals surface area contributed by atoms with E-state index in [4.69, 9.17) is 10.5 Å². The first kappa shape index (κ1) is 29.7. The van der Waals surface area contributed by atoms with Crippen LogP contribution in [-0.2, 0) is 30.1 Å². The number of hydrogen-bond donors (Lipinski definition) is 1. The second kappa shape index (κ2) is 11.1. The van der Waals surface area contributed by atoms with E-state index in [1.54, 1.807) is 12.1 Å².